The summed E-state index contributed by atoms with van der Waals surface area (Å²) in [6, 6.07) is 9.14. The summed E-state index contributed by atoms with van der Waals surface area (Å²) < 4.78 is 5.36. The van der Waals surface area contributed by atoms with Crippen molar-refractivity contribution >= 4 is 57.2 Å². The number of benzene rings is 1. The summed E-state index contributed by atoms with van der Waals surface area (Å²) in [5.41, 5.74) is 1.34. The Balaban J connectivity index is 1.91. The maximum atomic E-state index is 12.2. The van der Waals surface area contributed by atoms with E-state index >= 15 is 0 Å². The third kappa shape index (κ3) is 3.24. The molecule has 6 nitrogen and oxygen atoms in total. The van der Waals surface area contributed by atoms with Gasteiger partial charge in [-0.3, -0.25) is 9.69 Å². The number of rotatable bonds is 4. The number of pyridine rings is 1. The van der Waals surface area contributed by atoms with Gasteiger partial charge in [-0.2, -0.15) is 0 Å². The van der Waals surface area contributed by atoms with Crippen molar-refractivity contribution in [3.8, 4) is 5.75 Å². The minimum atomic E-state index is -1.36. The van der Waals surface area contributed by atoms with Gasteiger partial charge in [0.15, 0.2) is 0 Å². The summed E-state index contributed by atoms with van der Waals surface area (Å²) in [5, 5.41) is 11.6. The second-order valence-corrected chi connectivity index (χ2v) is 6.61. The number of hydrogen-bond acceptors (Lipinski definition) is 7. The lowest BCUT2D eigenvalue weighted by Crippen LogP contribution is -2.40. The number of ether oxygens (including phenoxy) is 1. The maximum absolute atomic E-state index is 12.2. The number of hydrogen-bond donors (Lipinski definition) is 0. The molecule has 0 saturated carbocycles. The van der Waals surface area contributed by atoms with Gasteiger partial charge in [0.1, 0.15) is 10.1 Å². The zero-order valence-corrected chi connectivity index (χ0v) is 14.1. The highest BCUT2D eigenvalue weighted by Gasteiger charge is 2.31. The fourth-order valence-electron chi connectivity index (χ4n) is 2.23. The van der Waals surface area contributed by atoms with Gasteiger partial charge in [-0.25, -0.2) is 4.98 Å². The summed E-state index contributed by atoms with van der Waals surface area (Å²) in [5.74, 6) is -1.07. The quantitative estimate of drug-likeness (QED) is 0.599. The Bertz CT molecular complexity index is 895. The lowest BCUT2D eigenvalue weighted by molar-refractivity contribution is -0.305. The Morgan fingerprint density at radius 1 is 1.42 bits per heavy atom. The molecule has 2 aromatic rings. The molecule has 0 bridgehead atoms. The Morgan fingerprint density at radius 2 is 2.21 bits per heavy atom. The second kappa shape index (κ2) is 6.58. The summed E-state index contributed by atoms with van der Waals surface area (Å²) >= 11 is 6.08. The molecule has 1 saturated heterocycles. The number of amides is 1. The number of fused-ring (bicyclic) bond motifs is 1. The Labute approximate surface area is 147 Å². The lowest BCUT2D eigenvalue weighted by atomic mass is 10.2. The van der Waals surface area contributed by atoms with Crippen molar-refractivity contribution in [1.82, 2.24) is 9.88 Å². The molecule has 1 aliphatic rings. The molecule has 0 atom stereocenters. The normalized spacial score (nSPS) is 16.2. The molecule has 0 spiro atoms. The monoisotopic (exact) mass is 359 g/mol. The standard InChI is InChI=1S/C16H12N2O4S2/c1-22-11-4-5-12-9(6-11)2-3-10(17-12)7-13-15(21)18(8-14(19)20)16(23)24-13/h2-7H,8H2,1H3,(H,19,20)/p-1/b13-7-. The van der Waals surface area contributed by atoms with Crippen LogP contribution in [-0.4, -0.2) is 39.7 Å². The van der Waals surface area contributed by atoms with E-state index in [0.717, 1.165) is 33.3 Å². The number of methoxy groups -OCH3 is 1. The highest BCUT2D eigenvalue weighted by atomic mass is 32.2. The van der Waals surface area contributed by atoms with Crippen LogP contribution >= 0.6 is 24.0 Å². The fraction of sp³-hybridized carbons (Fsp3) is 0.125. The smallest absolute Gasteiger partial charge is 0.266 e. The number of thiocarbonyl (C=S) groups is 1. The van der Waals surface area contributed by atoms with Crippen LogP contribution in [0.15, 0.2) is 35.2 Å². The number of aromatic nitrogens is 1. The number of carbonyl (C=O) groups excluding carboxylic acids is 2. The largest absolute Gasteiger partial charge is 0.548 e. The van der Waals surface area contributed by atoms with Crippen LogP contribution in [0.4, 0.5) is 0 Å². The molecule has 0 radical (unpaired) electrons. The third-order valence-corrected chi connectivity index (χ3v) is 4.74. The van der Waals surface area contributed by atoms with Gasteiger partial charge in [0, 0.05) is 5.39 Å². The van der Waals surface area contributed by atoms with Gasteiger partial charge in [0.05, 0.1) is 35.7 Å². The number of carboxylic acid groups (broad SMARTS) is 1. The molecule has 3 rings (SSSR count). The average Bonchev–Trinajstić information content (AvgIpc) is 2.81. The van der Waals surface area contributed by atoms with Gasteiger partial charge in [-0.1, -0.05) is 30.0 Å². The van der Waals surface area contributed by atoms with Crippen molar-refractivity contribution in [3.63, 3.8) is 0 Å². The molecule has 8 heteroatoms. The molecule has 1 aromatic heterocycles. The van der Waals surface area contributed by atoms with Crippen LogP contribution in [-0.2, 0) is 9.59 Å². The predicted octanol–water partition coefficient (Wildman–Crippen LogP) is 1.19. The number of aliphatic carboxylic acids is 1. The van der Waals surface area contributed by atoms with Crippen LogP contribution in [0, 0.1) is 0 Å². The van der Waals surface area contributed by atoms with Crippen LogP contribution in [0.1, 0.15) is 5.69 Å². The average molecular weight is 359 g/mol. The van der Waals surface area contributed by atoms with Crippen molar-refractivity contribution in [2.24, 2.45) is 0 Å². The molecule has 122 valence electrons. The molecule has 1 aromatic carbocycles. The van der Waals surface area contributed by atoms with E-state index in [0.29, 0.717) is 10.6 Å². The van der Waals surface area contributed by atoms with Crippen LogP contribution in [0.25, 0.3) is 17.0 Å². The molecule has 24 heavy (non-hydrogen) atoms. The van der Waals surface area contributed by atoms with E-state index < -0.39 is 18.4 Å². The minimum Gasteiger partial charge on any atom is -0.548 e. The van der Waals surface area contributed by atoms with Gasteiger partial charge in [0.2, 0.25) is 0 Å². The first-order valence-electron chi connectivity index (χ1n) is 6.88. The highest BCUT2D eigenvalue weighted by molar-refractivity contribution is 8.26. The van der Waals surface area contributed by atoms with Crippen molar-refractivity contribution in [2.75, 3.05) is 13.7 Å². The van der Waals surface area contributed by atoms with E-state index in [-0.39, 0.29) is 4.32 Å². The van der Waals surface area contributed by atoms with Crippen molar-refractivity contribution in [2.45, 2.75) is 0 Å². The van der Waals surface area contributed by atoms with E-state index in [1.807, 2.05) is 18.2 Å². The molecular weight excluding hydrogens is 348 g/mol. The van der Waals surface area contributed by atoms with Crippen LogP contribution in [0.2, 0.25) is 0 Å². The summed E-state index contributed by atoms with van der Waals surface area (Å²) in [7, 11) is 1.59. The molecule has 2 heterocycles. The Kier molecular flexibility index (Phi) is 4.50. The highest BCUT2D eigenvalue weighted by Crippen LogP contribution is 2.32. The fourth-order valence-corrected chi connectivity index (χ4v) is 3.47. The van der Waals surface area contributed by atoms with Crippen LogP contribution in [0.5, 0.6) is 5.75 Å². The van der Waals surface area contributed by atoms with Crippen LogP contribution < -0.4 is 9.84 Å². The molecule has 1 amide bonds. The SMILES string of the molecule is COc1ccc2nc(/C=C3\SC(=S)N(CC(=O)[O-])C3=O)ccc2c1. The van der Waals surface area contributed by atoms with E-state index in [2.05, 4.69) is 4.98 Å². The summed E-state index contributed by atoms with van der Waals surface area (Å²) in [4.78, 5) is 28.7. The third-order valence-electron chi connectivity index (χ3n) is 3.36. The zero-order chi connectivity index (χ0) is 17.3. The number of carbonyl (C=O) groups is 2. The van der Waals surface area contributed by atoms with E-state index in [1.165, 1.54) is 0 Å². The second-order valence-electron chi connectivity index (χ2n) is 4.93. The van der Waals surface area contributed by atoms with E-state index in [4.69, 9.17) is 17.0 Å². The maximum Gasteiger partial charge on any atom is 0.266 e. The first-order chi connectivity index (χ1) is 11.5. The van der Waals surface area contributed by atoms with Crippen molar-refractivity contribution in [1.29, 1.82) is 0 Å². The number of nitrogens with zero attached hydrogens (tertiary/aromatic N) is 2. The van der Waals surface area contributed by atoms with E-state index in [9.17, 15) is 14.7 Å². The first kappa shape index (κ1) is 16.4. The Morgan fingerprint density at radius 3 is 2.92 bits per heavy atom. The topological polar surface area (TPSA) is 82.6 Å². The Hall–Kier alpha value is -2.45. The van der Waals surface area contributed by atoms with E-state index in [1.54, 1.807) is 25.3 Å². The zero-order valence-electron chi connectivity index (χ0n) is 12.5. The molecule has 1 fully saturated rings. The predicted molar refractivity (Wildman–Crippen MR) is 93.2 cm³/mol. The number of thioether (sulfide) groups is 1. The summed E-state index contributed by atoms with van der Waals surface area (Å²) in [6.07, 6.45) is 1.60. The van der Waals surface area contributed by atoms with Crippen molar-refractivity contribution in [3.05, 3.63) is 40.9 Å². The van der Waals surface area contributed by atoms with Gasteiger partial charge in [0.25, 0.3) is 5.91 Å². The van der Waals surface area contributed by atoms with Crippen LogP contribution in [0.3, 0.4) is 0 Å². The summed E-state index contributed by atoms with van der Waals surface area (Å²) in [6.45, 7) is -0.549. The molecule has 1 aliphatic heterocycles. The molecular formula is C16H11N2O4S2-. The minimum absolute atomic E-state index is 0.195. The molecule has 0 aliphatic carbocycles. The van der Waals surface area contributed by atoms with Crippen molar-refractivity contribution < 1.29 is 19.4 Å². The van der Waals surface area contributed by atoms with Gasteiger partial charge in [-0.05, 0) is 30.3 Å². The van der Waals surface area contributed by atoms with Gasteiger partial charge in [-0.15, -0.1) is 0 Å². The molecule has 0 N–H and O–H groups in total. The first-order valence-corrected chi connectivity index (χ1v) is 8.10. The molecule has 0 unspecified atom stereocenters. The van der Waals surface area contributed by atoms with Gasteiger partial charge >= 0.3 is 0 Å². The number of carboxylic acids is 1. The van der Waals surface area contributed by atoms with Gasteiger partial charge < -0.3 is 14.6 Å². The lowest BCUT2D eigenvalue weighted by Gasteiger charge is -2.14.